The maximum Gasteiger partial charge on any atom is 0.453 e. The van der Waals surface area contributed by atoms with Crippen molar-refractivity contribution in [1.29, 1.82) is 0 Å². The van der Waals surface area contributed by atoms with Gasteiger partial charge in [0.05, 0.1) is 5.56 Å². The molecule has 0 saturated heterocycles. The van der Waals surface area contributed by atoms with Gasteiger partial charge in [-0.3, -0.25) is 0 Å². The van der Waals surface area contributed by atoms with Crippen molar-refractivity contribution in [3.63, 3.8) is 0 Å². The Balaban J connectivity index is 2.73. The summed E-state index contributed by atoms with van der Waals surface area (Å²) in [6.45, 7) is 0. The van der Waals surface area contributed by atoms with Gasteiger partial charge in [-0.05, 0) is 6.07 Å². The molecule has 2 heterocycles. The van der Waals surface area contributed by atoms with E-state index in [1.807, 2.05) is 0 Å². The van der Waals surface area contributed by atoms with Gasteiger partial charge in [0, 0.05) is 7.11 Å². The Kier molecular flexibility index (Phi) is 3.13. The van der Waals surface area contributed by atoms with E-state index < -0.39 is 18.3 Å². The van der Waals surface area contributed by atoms with E-state index in [9.17, 15) is 18.3 Å². The average Bonchev–Trinajstić information content (AvgIpc) is 2.69. The van der Waals surface area contributed by atoms with Crippen LogP contribution in [0.4, 0.5) is 13.2 Å². The number of aromatic nitrogens is 4. The number of methoxy groups -OCH3 is 1. The lowest BCUT2D eigenvalue weighted by Gasteiger charge is -2.10. The number of aliphatic hydroxyl groups excluding tert-OH is 1. The molecule has 10 heteroatoms. The number of nitrogens with zero attached hydrogens (tertiary/aromatic N) is 4. The molecule has 0 bridgehead atoms. The lowest BCUT2D eigenvalue weighted by Crippen LogP contribution is -2.13. The topological polar surface area (TPSA) is 72.5 Å². The Bertz CT molecular complexity index is 585. The highest BCUT2D eigenvalue weighted by Gasteiger charge is 2.38. The van der Waals surface area contributed by atoms with Crippen molar-refractivity contribution in [3.05, 3.63) is 22.6 Å². The molecule has 0 spiro atoms. The van der Waals surface area contributed by atoms with Crippen LogP contribution in [-0.2, 0) is 10.9 Å². The van der Waals surface area contributed by atoms with Crippen LogP contribution < -0.4 is 0 Å². The molecule has 0 aliphatic heterocycles. The number of halogens is 4. The Morgan fingerprint density at radius 1 is 1.44 bits per heavy atom. The molecule has 0 radical (unpaired) electrons. The predicted molar refractivity (Wildman–Crippen MR) is 52.8 cm³/mol. The van der Waals surface area contributed by atoms with Gasteiger partial charge >= 0.3 is 6.18 Å². The van der Waals surface area contributed by atoms with Crippen molar-refractivity contribution in [3.8, 4) is 0 Å². The highest BCUT2D eigenvalue weighted by molar-refractivity contribution is 6.29. The summed E-state index contributed by atoms with van der Waals surface area (Å²) in [6.07, 6.45) is -6.20. The SMILES string of the molecule is COC(O)c1cc(Cl)nn2c(C(F)(F)F)nnc12. The van der Waals surface area contributed by atoms with Gasteiger partial charge in [-0.2, -0.15) is 22.8 Å². The lowest BCUT2D eigenvalue weighted by molar-refractivity contribution is -0.146. The first-order valence-electron chi connectivity index (χ1n) is 4.54. The molecule has 1 atom stereocenters. The van der Waals surface area contributed by atoms with E-state index in [-0.39, 0.29) is 16.4 Å². The van der Waals surface area contributed by atoms with Gasteiger partial charge in [-0.1, -0.05) is 11.6 Å². The maximum absolute atomic E-state index is 12.6. The van der Waals surface area contributed by atoms with E-state index in [1.54, 1.807) is 0 Å². The molecular weight excluding hydrogens is 277 g/mol. The van der Waals surface area contributed by atoms with Gasteiger partial charge in [-0.15, -0.1) is 10.2 Å². The molecular formula is C8H6ClF3N4O2. The smallest absolute Gasteiger partial charge is 0.364 e. The normalized spacial score (nSPS) is 14.1. The highest BCUT2D eigenvalue weighted by atomic mass is 35.5. The number of fused-ring (bicyclic) bond motifs is 1. The molecule has 0 amide bonds. The molecule has 0 saturated carbocycles. The highest BCUT2D eigenvalue weighted by Crippen LogP contribution is 2.29. The van der Waals surface area contributed by atoms with Crippen LogP contribution in [0.15, 0.2) is 6.07 Å². The predicted octanol–water partition coefficient (Wildman–Crippen LogP) is 1.43. The van der Waals surface area contributed by atoms with Gasteiger partial charge in [0.15, 0.2) is 17.1 Å². The second kappa shape index (κ2) is 4.34. The summed E-state index contributed by atoms with van der Waals surface area (Å²) < 4.78 is 42.8. The van der Waals surface area contributed by atoms with Crippen molar-refractivity contribution in [2.75, 3.05) is 7.11 Å². The molecule has 2 aromatic rings. The first-order chi connectivity index (χ1) is 8.34. The molecule has 1 N–H and O–H groups in total. The van der Waals surface area contributed by atoms with E-state index in [4.69, 9.17) is 11.6 Å². The summed E-state index contributed by atoms with van der Waals surface area (Å²) in [5.41, 5.74) is -0.332. The Labute approximate surface area is 103 Å². The monoisotopic (exact) mass is 282 g/mol. The third-order valence-electron chi connectivity index (χ3n) is 2.11. The third-order valence-corrected chi connectivity index (χ3v) is 2.30. The number of aliphatic hydroxyl groups is 1. The lowest BCUT2D eigenvalue weighted by atomic mass is 10.3. The largest absolute Gasteiger partial charge is 0.453 e. The quantitative estimate of drug-likeness (QED) is 0.844. The average molecular weight is 283 g/mol. The number of ether oxygens (including phenoxy) is 1. The number of hydrogen-bond acceptors (Lipinski definition) is 5. The van der Waals surface area contributed by atoms with Crippen LogP contribution >= 0.6 is 11.6 Å². The van der Waals surface area contributed by atoms with E-state index in [0.29, 0.717) is 4.52 Å². The molecule has 6 nitrogen and oxygen atoms in total. The third kappa shape index (κ3) is 2.11. The van der Waals surface area contributed by atoms with Gasteiger partial charge in [0.25, 0.3) is 5.82 Å². The second-order valence-electron chi connectivity index (χ2n) is 3.27. The van der Waals surface area contributed by atoms with Gasteiger partial charge in [0.1, 0.15) is 0 Å². The Hall–Kier alpha value is -1.45. The molecule has 98 valence electrons. The van der Waals surface area contributed by atoms with E-state index in [0.717, 1.165) is 6.07 Å². The van der Waals surface area contributed by atoms with Crippen molar-refractivity contribution in [2.45, 2.75) is 12.5 Å². The van der Waals surface area contributed by atoms with Crippen LogP contribution in [0.1, 0.15) is 17.7 Å². The molecule has 1 unspecified atom stereocenters. The first kappa shape index (κ1) is 13.0. The molecule has 2 rings (SSSR count). The summed E-state index contributed by atoms with van der Waals surface area (Å²) in [4.78, 5) is 0. The van der Waals surface area contributed by atoms with Crippen LogP contribution in [-0.4, -0.2) is 32.0 Å². The second-order valence-corrected chi connectivity index (χ2v) is 3.65. The number of hydrogen-bond donors (Lipinski definition) is 1. The van der Waals surface area contributed by atoms with Gasteiger partial charge in [-0.25, -0.2) is 0 Å². The van der Waals surface area contributed by atoms with Crippen LogP contribution in [0.5, 0.6) is 0 Å². The standard InChI is InChI=1S/C8H6ClF3N4O2/c1-18-6(17)3-2-4(9)15-16-5(3)13-14-7(16)8(10,11)12/h2,6,17H,1H3. The molecule has 0 aliphatic carbocycles. The van der Waals surface area contributed by atoms with Crippen LogP contribution in [0.3, 0.4) is 0 Å². The zero-order chi connectivity index (χ0) is 13.5. The van der Waals surface area contributed by atoms with Crippen molar-refractivity contribution < 1.29 is 23.0 Å². The molecule has 0 aromatic carbocycles. The Morgan fingerprint density at radius 3 is 2.67 bits per heavy atom. The zero-order valence-electron chi connectivity index (χ0n) is 8.81. The maximum atomic E-state index is 12.6. The fourth-order valence-corrected chi connectivity index (χ4v) is 1.55. The summed E-state index contributed by atoms with van der Waals surface area (Å²) in [7, 11) is 1.18. The Morgan fingerprint density at radius 2 is 2.11 bits per heavy atom. The number of rotatable bonds is 2. The fourth-order valence-electron chi connectivity index (χ4n) is 1.36. The molecule has 0 fully saturated rings. The van der Waals surface area contributed by atoms with Crippen LogP contribution in [0, 0.1) is 0 Å². The van der Waals surface area contributed by atoms with E-state index in [1.165, 1.54) is 7.11 Å². The molecule has 18 heavy (non-hydrogen) atoms. The van der Waals surface area contributed by atoms with Crippen molar-refractivity contribution >= 4 is 17.2 Å². The minimum absolute atomic E-state index is 0.0551. The summed E-state index contributed by atoms with van der Waals surface area (Å²) in [6, 6.07) is 1.15. The fraction of sp³-hybridized carbons (Fsp3) is 0.375. The van der Waals surface area contributed by atoms with E-state index >= 15 is 0 Å². The van der Waals surface area contributed by atoms with Gasteiger partial charge in [0.2, 0.25) is 0 Å². The molecule has 0 aliphatic rings. The van der Waals surface area contributed by atoms with Crippen molar-refractivity contribution in [2.24, 2.45) is 0 Å². The summed E-state index contributed by atoms with van der Waals surface area (Å²) >= 11 is 5.58. The van der Waals surface area contributed by atoms with Crippen molar-refractivity contribution in [1.82, 2.24) is 19.8 Å². The first-order valence-corrected chi connectivity index (χ1v) is 4.92. The minimum Gasteiger partial charge on any atom is -0.364 e. The summed E-state index contributed by atoms with van der Waals surface area (Å²) in [5, 5.41) is 19.0. The van der Waals surface area contributed by atoms with Crippen LogP contribution in [0.25, 0.3) is 5.65 Å². The van der Waals surface area contributed by atoms with Gasteiger partial charge < -0.3 is 9.84 Å². The zero-order valence-corrected chi connectivity index (χ0v) is 9.57. The minimum atomic E-state index is -4.73. The number of alkyl halides is 3. The summed E-state index contributed by atoms with van der Waals surface area (Å²) in [5.74, 6) is -1.33. The van der Waals surface area contributed by atoms with Crippen LogP contribution in [0.2, 0.25) is 5.15 Å². The van der Waals surface area contributed by atoms with E-state index in [2.05, 4.69) is 20.0 Å². The molecule has 2 aromatic heterocycles.